The molecule has 3 heterocycles. The molecule has 39 heavy (non-hydrogen) atoms. The predicted octanol–water partition coefficient (Wildman–Crippen LogP) is 7.13. The number of aryl methyl sites for hydroxylation is 4. The van der Waals surface area contributed by atoms with Crippen LogP contribution in [0.15, 0.2) is 72.8 Å². The van der Waals surface area contributed by atoms with Gasteiger partial charge in [0.15, 0.2) is 5.82 Å². The maximum Gasteiger partial charge on any atom is 0.169 e. The van der Waals surface area contributed by atoms with Gasteiger partial charge in [0.1, 0.15) is 34.4 Å². The van der Waals surface area contributed by atoms with E-state index in [0.717, 1.165) is 76.8 Å². The molecular formula is C32H32N4O2S. The molecule has 0 fully saturated rings. The Morgan fingerprint density at radius 3 is 2.54 bits per heavy atom. The third-order valence-electron chi connectivity index (χ3n) is 7.41. The molecule has 0 unspecified atom stereocenters. The maximum absolute atomic E-state index is 6.14. The first-order valence-corrected chi connectivity index (χ1v) is 13.8. The second-order valence-electron chi connectivity index (χ2n) is 10.1. The van der Waals surface area contributed by atoms with Gasteiger partial charge in [0, 0.05) is 23.4 Å². The molecule has 1 N–H and O–H groups in total. The summed E-state index contributed by atoms with van der Waals surface area (Å²) in [6, 6.07) is 24.5. The van der Waals surface area contributed by atoms with Crippen molar-refractivity contribution < 1.29 is 9.47 Å². The summed E-state index contributed by atoms with van der Waals surface area (Å²) in [5.41, 5.74) is 8.85. The fraction of sp³-hybridized carbons (Fsp3) is 0.250. The zero-order valence-electron chi connectivity index (χ0n) is 22.5. The third-order valence-corrected chi connectivity index (χ3v) is 7.70. The van der Waals surface area contributed by atoms with Gasteiger partial charge in [-0.25, -0.2) is 4.52 Å². The molecule has 6 rings (SSSR count). The minimum absolute atomic E-state index is 0.389. The number of thiocarbonyl (C=S) groups is 1. The Morgan fingerprint density at radius 2 is 1.77 bits per heavy atom. The van der Waals surface area contributed by atoms with Crippen molar-refractivity contribution in [3.05, 3.63) is 101 Å². The van der Waals surface area contributed by atoms with E-state index in [4.69, 9.17) is 26.8 Å². The van der Waals surface area contributed by atoms with Gasteiger partial charge < -0.3 is 19.4 Å². The number of nitrogens with zero attached hydrogens (tertiary/aromatic N) is 3. The average Bonchev–Trinajstić information content (AvgIpc) is 3.36. The number of rotatable bonds is 7. The lowest BCUT2D eigenvalue weighted by Crippen LogP contribution is -2.16. The van der Waals surface area contributed by atoms with E-state index in [1.807, 2.05) is 47.0 Å². The highest BCUT2D eigenvalue weighted by molar-refractivity contribution is 7.81. The second kappa shape index (κ2) is 10.6. The van der Waals surface area contributed by atoms with Crippen LogP contribution in [0.25, 0.3) is 16.8 Å². The summed E-state index contributed by atoms with van der Waals surface area (Å²) in [6.07, 6.45) is 3.14. The van der Waals surface area contributed by atoms with Crippen molar-refractivity contribution >= 4 is 28.5 Å². The predicted molar refractivity (Wildman–Crippen MR) is 160 cm³/mol. The molecule has 5 aromatic rings. The van der Waals surface area contributed by atoms with Gasteiger partial charge in [0.25, 0.3) is 0 Å². The van der Waals surface area contributed by atoms with Crippen molar-refractivity contribution in [3.63, 3.8) is 0 Å². The Hall–Kier alpha value is -4.10. The molecule has 0 amide bonds. The molecule has 0 radical (unpaired) electrons. The van der Waals surface area contributed by atoms with E-state index in [1.165, 1.54) is 11.1 Å². The number of nitrogens with one attached hydrogen (secondary N) is 1. The molecule has 6 nitrogen and oxygen atoms in total. The number of benzene rings is 3. The number of anilines is 1. The normalized spacial score (nSPS) is 12.8. The zero-order chi connectivity index (χ0) is 26.9. The van der Waals surface area contributed by atoms with E-state index in [-0.39, 0.29) is 0 Å². The highest BCUT2D eigenvalue weighted by Crippen LogP contribution is 2.38. The van der Waals surface area contributed by atoms with Gasteiger partial charge >= 0.3 is 0 Å². The minimum Gasteiger partial charge on any atom is -0.497 e. The summed E-state index contributed by atoms with van der Waals surface area (Å²) in [7, 11) is 1.69. The number of ether oxygens (including phenoxy) is 2. The van der Waals surface area contributed by atoms with Crippen molar-refractivity contribution in [1.29, 1.82) is 0 Å². The molecule has 3 aromatic carbocycles. The molecular weight excluding hydrogens is 504 g/mol. The van der Waals surface area contributed by atoms with Gasteiger partial charge in [-0.3, -0.25) is 0 Å². The molecule has 2 aromatic heterocycles. The van der Waals surface area contributed by atoms with Crippen LogP contribution in [0.1, 0.15) is 41.1 Å². The van der Waals surface area contributed by atoms with Gasteiger partial charge in [-0.2, -0.15) is 0 Å². The lowest BCUT2D eigenvalue weighted by Gasteiger charge is -2.14. The summed E-state index contributed by atoms with van der Waals surface area (Å²) in [5, 5.41) is 8.68. The van der Waals surface area contributed by atoms with Crippen LogP contribution in [0.3, 0.4) is 0 Å². The van der Waals surface area contributed by atoms with Crippen LogP contribution < -0.4 is 14.8 Å². The van der Waals surface area contributed by atoms with Gasteiger partial charge in [-0.1, -0.05) is 54.7 Å². The first kappa shape index (κ1) is 25.2. The van der Waals surface area contributed by atoms with Crippen LogP contribution in [0.5, 0.6) is 11.5 Å². The number of hydrogen-bond donors (Lipinski definition) is 1. The molecule has 0 saturated heterocycles. The summed E-state index contributed by atoms with van der Waals surface area (Å²) in [5.74, 6) is 2.56. The molecule has 198 valence electrons. The van der Waals surface area contributed by atoms with E-state index < -0.39 is 0 Å². The number of hydrogen-bond acceptors (Lipinski definition) is 4. The Bertz CT molecular complexity index is 1650. The topological polar surface area (TPSA) is 52.7 Å². The van der Waals surface area contributed by atoms with Crippen molar-refractivity contribution in [2.24, 2.45) is 0 Å². The molecule has 1 aliphatic heterocycles. The summed E-state index contributed by atoms with van der Waals surface area (Å²) in [4.78, 5) is 0.650. The van der Waals surface area contributed by atoms with Crippen LogP contribution in [0, 0.1) is 13.8 Å². The van der Waals surface area contributed by atoms with Crippen LogP contribution in [0.2, 0.25) is 0 Å². The summed E-state index contributed by atoms with van der Waals surface area (Å²) in [6.45, 7) is 5.48. The van der Waals surface area contributed by atoms with E-state index in [9.17, 15) is 0 Å². The van der Waals surface area contributed by atoms with Crippen molar-refractivity contribution in [2.45, 2.75) is 46.3 Å². The molecule has 0 spiro atoms. The Morgan fingerprint density at radius 1 is 0.974 bits per heavy atom. The molecule has 0 aliphatic carbocycles. The fourth-order valence-corrected chi connectivity index (χ4v) is 5.70. The van der Waals surface area contributed by atoms with E-state index in [2.05, 4.69) is 54.1 Å². The summed E-state index contributed by atoms with van der Waals surface area (Å²) >= 11 is 6.14. The minimum atomic E-state index is 0.389. The Kier molecular flexibility index (Phi) is 6.83. The molecule has 0 saturated carbocycles. The van der Waals surface area contributed by atoms with Crippen LogP contribution in [-0.2, 0) is 19.6 Å². The lowest BCUT2D eigenvalue weighted by atomic mass is 9.97. The molecule has 7 heteroatoms. The fourth-order valence-electron chi connectivity index (χ4n) is 5.41. The molecule has 0 bridgehead atoms. The van der Waals surface area contributed by atoms with E-state index >= 15 is 0 Å². The van der Waals surface area contributed by atoms with Gasteiger partial charge in [0.2, 0.25) is 0 Å². The highest BCUT2D eigenvalue weighted by Gasteiger charge is 2.29. The van der Waals surface area contributed by atoms with Crippen LogP contribution >= 0.6 is 12.2 Å². The average molecular weight is 537 g/mol. The summed E-state index contributed by atoms with van der Waals surface area (Å²) < 4.78 is 16.0. The standard InChI is InChI=1S/C32H32N4O2S/c1-21-12-13-22(2)27(19-21)33-31(39)30-29(23-14-16-24(37-3)17-15-23)26-11-7-8-18-35-28(34-36(30)32(26)35)20-38-25-9-5-4-6-10-25/h4-6,9-10,12-17,19H,7-8,11,18,20H2,1-3H3,(H,33,39). The largest absolute Gasteiger partial charge is 0.497 e. The monoisotopic (exact) mass is 536 g/mol. The molecule has 0 atom stereocenters. The van der Waals surface area contributed by atoms with Gasteiger partial charge in [0.05, 0.1) is 7.11 Å². The Balaban J connectivity index is 1.51. The Labute approximate surface area is 234 Å². The number of aromatic nitrogens is 3. The number of para-hydroxylation sites is 1. The van der Waals surface area contributed by atoms with Gasteiger partial charge in [-0.15, -0.1) is 5.10 Å². The maximum atomic E-state index is 6.14. The smallest absolute Gasteiger partial charge is 0.169 e. The van der Waals surface area contributed by atoms with Crippen LogP contribution in [-0.4, -0.2) is 26.3 Å². The van der Waals surface area contributed by atoms with Crippen LogP contribution in [0.4, 0.5) is 5.69 Å². The quantitative estimate of drug-likeness (QED) is 0.224. The van der Waals surface area contributed by atoms with Crippen molar-refractivity contribution in [1.82, 2.24) is 14.2 Å². The second-order valence-corrected chi connectivity index (χ2v) is 10.5. The van der Waals surface area contributed by atoms with Crippen molar-refractivity contribution in [3.8, 4) is 22.6 Å². The zero-order valence-corrected chi connectivity index (χ0v) is 23.3. The molecule has 1 aliphatic rings. The first-order valence-electron chi connectivity index (χ1n) is 13.4. The number of methoxy groups -OCH3 is 1. The van der Waals surface area contributed by atoms with Crippen molar-refractivity contribution in [2.75, 3.05) is 12.4 Å². The third kappa shape index (κ3) is 4.79. The first-order chi connectivity index (χ1) is 19.0. The lowest BCUT2D eigenvalue weighted by molar-refractivity contribution is 0.288. The van der Waals surface area contributed by atoms with E-state index in [1.54, 1.807) is 7.11 Å². The highest BCUT2D eigenvalue weighted by atomic mass is 32.1. The van der Waals surface area contributed by atoms with Gasteiger partial charge in [-0.05, 0) is 80.1 Å². The van der Waals surface area contributed by atoms with E-state index in [0.29, 0.717) is 11.6 Å². The SMILES string of the molecule is COc1ccc(-c2c3c4n(c(COc5ccccc5)nn4c2C(=S)Nc2cc(C)ccc2C)CCCC3)cc1.